The normalized spacial score (nSPS) is 14.4. The first-order valence-corrected chi connectivity index (χ1v) is 12.5. The summed E-state index contributed by atoms with van der Waals surface area (Å²) in [6, 6.07) is 10.9. The first kappa shape index (κ1) is 25.8. The van der Waals surface area contributed by atoms with E-state index in [0.29, 0.717) is 16.7 Å². The molecule has 0 saturated heterocycles. The van der Waals surface area contributed by atoms with Gasteiger partial charge in [0.1, 0.15) is 0 Å². The lowest BCUT2D eigenvalue weighted by molar-refractivity contribution is 0.529. The van der Waals surface area contributed by atoms with Crippen LogP contribution in [-0.4, -0.2) is 30.1 Å². The molecule has 1 rings (SSSR count). The van der Waals surface area contributed by atoms with Crippen molar-refractivity contribution in [3.63, 3.8) is 0 Å². The van der Waals surface area contributed by atoms with E-state index in [0.717, 1.165) is 18.5 Å². The Balaban J connectivity index is 0.00000326. The Hall–Kier alpha value is -1.19. The minimum Gasteiger partial charge on any atom is -0.382 e. The smallest absolute Gasteiger partial charge is 0.0482 e. The summed E-state index contributed by atoms with van der Waals surface area (Å²) in [6.45, 7) is 20.0. The number of benzene rings is 1. The van der Waals surface area contributed by atoms with Crippen molar-refractivity contribution in [2.75, 3.05) is 25.3 Å². The van der Waals surface area contributed by atoms with Crippen LogP contribution in [0, 0.1) is 5.92 Å². The molecule has 2 atom stereocenters. The van der Waals surface area contributed by atoms with Gasteiger partial charge in [-0.25, -0.2) is 10.0 Å². The van der Waals surface area contributed by atoms with E-state index >= 15 is 0 Å². The molecule has 0 radical (unpaired) electrons. The summed E-state index contributed by atoms with van der Waals surface area (Å²) < 4.78 is 0.367. The van der Waals surface area contributed by atoms with Crippen molar-refractivity contribution in [3.8, 4) is 0 Å². The van der Waals surface area contributed by atoms with Crippen LogP contribution < -0.4 is 11.1 Å². The quantitative estimate of drug-likeness (QED) is 0.487. The van der Waals surface area contributed by atoms with Crippen LogP contribution in [0.4, 0.5) is 0 Å². The molecular formula is C24H44N2S. The van der Waals surface area contributed by atoms with Gasteiger partial charge in [0.25, 0.3) is 0 Å². The van der Waals surface area contributed by atoms with Crippen molar-refractivity contribution in [2.45, 2.75) is 58.2 Å². The van der Waals surface area contributed by atoms with Gasteiger partial charge in [-0.3, -0.25) is 0 Å². The Morgan fingerprint density at radius 3 is 2.04 bits per heavy atom. The average molecular weight is 393 g/mol. The third kappa shape index (κ3) is 9.53. The third-order valence-electron chi connectivity index (χ3n) is 5.20. The Morgan fingerprint density at radius 1 is 1.07 bits per heavy atom. The van der Waals surface area contributed by atoms with Gasteiger partial charge in [-0.05, 0) is 68.2 Å². The molecule has 27 heavy (non-hydrogen) atoms. The van der Waals surface area contributed by atoms with Gasteiger partial charge in [0.05, 0.1) is 0 Å². The molecule has 156 valence electrons. The van der Waals surface area contributed by atoms with Gasteiger partial charge in [0.15, 0.2) is 0 Å². The highest BCUT2D eigenvalue weighted by Crippen LogP contribution is 2.54. The van der Waals surface area contributed by atoms with Gasteiger partial charge in [-0.1, -0.05) is 63.3 Å². The summed E-state index contributed by atoms with van der Waals surface area (Å²) in [5.41, 5.74) is 8.23. The number of hydrogen-bond donors (Lipinski definition) is 2. The molecule has 0 spiro atoms. The van der Waals surface area contributed by atoms with E-state index in [1.54, 1.807) is 0 Å². The van der Waals surface area contributed by atoms with Crippen molar-refractivity contribution >= 4 is 10.0 Å². The van der Waals surface area contributed by atoms with Gasteiger partial charge in [-0.15, -0.1) is 6.58 Å². The lowest BCUT2D eigenvalue weighted by Crippen LogP contribution is -2.30. The number of hydrogen-bond acceptors (Lipinski definition) is 2. The van der Waals surface area contributed by atoms with E-state index in [1.807, 2.05) is 0 Å². The van der Waals surface area contributed by atoms with Crippen LogP contribution in [0.2, 0.25) is 0 Å². The first-order chi connectivity index (χ1) is 12.4. The molecular weight excluding hydrogens is 348 g/mol. The Labute approximate surface area is 171 Å². The predicted octanol–water partition coefficient (Wildman–Crippen LogP) is 6.26. The van der Waals surface area contributed by atoms with Crippen molar-refractivity contribution < 1.29 is 0 Å². The fraction of sp³-hybridized carbons (Fsp3) is 0.583. The van der Waals surface area contributed by atoms with E-state index in [-0.39, 0.29) is 0 Å². The molecule has 0 heterocycles. The molecule has 0 aromatic heterocycles. The number of nitrogens with one attached hydrogen (secondary N) is 1. The van der Waals surface area contributed by atoms with Crippen LogP contribution in [0.5, 0.6) is 0 Å². The second-order valence-electron chi connectivity index (χ2n) is 8.93. The van der Waals surface area contributed by atoms with Crippen molar-refractivity contribution in [3.05, 3.63) is 60.3 Å². The largest absolute Gasteiger partial charge is 0.382 e. The van der Waals surface area contributed by atoms with Crippen LogP contribution in [0.25, 0.3) is 0 Å². The van der Waals surface area contributed by atoms with E-state index in [9.17, 15) is 0 Å². The summed E-state index contributed by atoms with van der Waals surface area (Å²) >= 11 is 0. The topological polar surface area (TPSA) is 38.0 Å². The average Bonchev–Trinajstić information content (AvgIpc) is 2.55. The Kier molecular flexibility index (Phi) is 11.1. The SMILES string of the molecule is C=C(C)C[C@H](CC(=C)NC(C)c1ccccc1)CS(C)(C)C(C)(C)C.CN. The molecule has 1 unspecified atom stereocenters. The third-order valence-corrected chi connectivity index (χ3v) is 9.82. The van der Waals surface area contributed by atoms with E-state index in [1.165, 1.54) is 23.9 Å². The Bertz CT molecular complexity index is 570. The number of allylic oxidation sites excluding steroid dienone is 2. The summed E-state index contributed by atoms with van der Waals surface area (Å²) in [7, 11) is 0.821. The van der Waals surface area contributed by atoms with Gasteiger partial charge in [-0.2, -0.15) is 0 Å². The summed E-state index contributed by atoms with van der Waals surface area (Å²) in [6.07, 6.45) is 7.06. The van der Waals surface area contributed by atoms with E-state index in [2.05, 4.69) is 102 Å². The van der Waals surface area contributed by atoms with Crippen LogP contribution in [0.1, 0.15) is 59.1 Å². The minimum atomic E-state index is -0.679. The zero-order chi connectivity index (χ0) is 21.3. The molecule has 2 nitrogen and oxygen atoms in total. The monoisotopic (exact) mass is 392 g/mol. The van der Waals surface area contributed by atoms with Crippen LogP contribution in [-0.2, 0) is 0 Å². The fourth-order valence-corrected chi connectivity index (χ4v) is 4.97. The molecule has 3 heteroatoms. The fourth-order valence-electron chi connectivity index (χ4n) is 3.06. The van der Waals surface area contributed by atoms with Crippen molar-refractivity contribution in [2.24, 2.45) is 11.7 Å². The lowest BCUT2D eigenvalue weighted by atomic mass is 9.97. The number of nitrogens with two attached hydrogens (primary N) is 1. The van der Waals surface area contributed by atoms with Crippen LogP contribution >= 0.6 is 10.0 Å². The molecule has 0 aliphatic heterocycles. The lowest BCUT2D eigenvalue weighted by Gasteiger charge is -2.47. The van der Waals surface area contributed by atoms with Gasteiger partial charge in [0, 0.05) is 11.7 Å². The Morgan fingerprint density at radius 2 is 1.59 bits per heavy atom. The summed E-state index contributed by atoms with van der Waals surface area (Å²) in [5.74, 6) is 1.88. The second kappa shape index (κ2) is 11.6. The van der Waals surface area contributed by atoms with E-state index in [4.69, 9.17) is 0 Å². The summed E-state index contributed by atoms with van der Waals surface area (Å²) in [4.78, 5) is 0. The minimum absolute atomic E-state index is 0.294. The molecule has 0 aliphatic rings. The second-order valence-corrected chi connectivity index (χ2v) is 13.6. The highest BCUT2D eigenvalue weighted by atomic mass is 32.3. The van der Waals surface area contributed by atoms with Gasteiger partial charge in [0.2, 0.25) is 0 Å². The molecule has 0 saturated carbocycles. The zero-order valence-electron chi connectivity index (χ0n) is 19.1. The predicted molar refractivity (Wildman–Crippen MR) is 129 cm³/mol. The number of rotatable bonds is 9. The van der Waals surface area contributed by atoms with Gasteiger partial charge < -0.3 is 11.1 Å². The maximum atomic E-state index is 4.50. The molecule has 0 fully saturated rings. The molecule has 0 bridgehead atoms. The first-order valence-electron chi connectivity index (χ1n) is 9.84. The zero-order valence-corrected chi connectivity index (χ0v) is 19.9. The van der Waals surface area contributed by atoms with Crippen LogP contribution in [0.3, 0.4) is 0 Å². The molecule has 0 aliphatic carbocycles. The van der Waals surface area contributed by atoms with Crippen molar-refractivity contribution in [1.29, 1.82) is 0 Å². The maximum absolute atomic E-state index is 4.50. The van der Waals surface area contributed by atoms with Gasteiger partial charge >= 0.3 is 0 Å². The molecule has 3 N–H and O–H groups in total. The summed E-state index contributed by atoms with van der Waals surface area (Å²) in [5, 5.41) is 3.61. The standard InChI is InChI=1S/C23H39NS.CH5N/c1-18(2)15-21(17-25(8,9)23(5,6)7)16-19(3)24-20(4)22-13-11-10-12-14-22;1-2/h10-14,20-21,24H,1,3,15-17H2,2,4-9H3;2H2,1H3/t20?,21-;/m1./s1. The molecule has 1 aromatic carbocycles. The van der Waals surface area contributed by atoms with Crippen molar-refractivity contribution in [1.82, 2.24) is 5.32 Å². The molecule has 1 aromatic rings. The van der Waals surface area contributed by atoms with Crippen LogP contribution in [0.15, 0.2) is 54.8 Å². The van der Waals surface area contributed by atoms with E-state index < -0.39 is 10.0 Å². The highest BCUT2D eigenvalue weighted by Gasteiger charge is 2.30. The highest BCUT2D eigenvalue weighted by molar-refractivity contribution is 8.33. The maximum Gasteiger partial charge on any atom is 0.0482 e. The molecule has 0 amide bonds.